The lowest BCUT2D eigenvalue weighted by molar-refractivity contribution is -0.126. The van der Waals surface area contributed by atoms with Gasteiger partial charge in [0.2, 0.25) is 11.8 Å². The second-order valence-electron chi connectivity index (χ2n) is 9.12. The number of pyridine rings is 1. The number of carbonyl (C=O) groups is 4. The number of aliphatic hydroxyl groups is 1. The topological polar surface area (TPSA) is 141 Å². The van der Waals surface area contributed by atoms with Crippen LogP contribution in [0.15, 0.2) is 42.7 Å². The van der Waals surface area contributed by atoms with Crippen LogP contribution in [-0.2, 0) is 16.0 Å². The Morgan fingerprint density at radius 3 is 2.56 bits per heavy atom. The van der Waals surface area contributed by atoms with Gasteiger partial charge >= 0.3 is 0 Å². The van der Waals surface area contributed by atoms with E-state index in [1.807, 2.05) is 13.0 Å². The van der Waals surface area contributed by atoms with Crippen molar-refractivity contribution in [1.29, 1.82) is 0 Å². The molecule has 2 aromatic rings. The third-order valence-corrected chi connectivity index (χ3v) is 6.04. The molecule has 2 heterocycles. The van der Waals surface area contributed by atoms with E-state index in [4.69, 9.17) is 0 Å². The Kier molecular flexibility index (Phi) is 9.13. The largest absolute Gasteiger partial charge is 0.391 e. The molecule has 1 aliphatic rings. The van der Waals surface area contributed by atoms with Crippen LogP contribution in [0.2, 0.25) is 0 Å². The molecule has 2 bridgehead atoms. The van der Waals surface area contributed by atoms with Crippen molar-refractivity contribution < 1.29 is 24.3 Å². The highest BCUT2D eigenvalue weighted by Gasteiger charge is 2.29. The number of fused-ring (bicyclic) bond motifs is 2. The Balaban J connectivity index is 1.88. The van der Waals surface area contributed by atoms with Gasteiger partial charge in [-0.05, 0) is 69.0 Å². The first-order valence-corrected chi connectivity index (χ1v) is 12.0. The van der Waals surface area contributed by atoms with Gasteiger partial charge in [0.1, 0.15) is 6.04 Å². The van der Waals surface area contributed by atoms with Crippen LogP contribution < -0.4 is 16.0 Å². The Morgan fingerprint density at radius 2 is 1.86 bits per heavy atom. The van der Waals surface area contributed by atoms with Crippen molar-refractivity contribution in [3.05, 3.63) is 65.0 Å². The highest BCUT2D eigenvalue weighted by Crippen LogP contribution is 2.14. The number of aromatic nitrogens is 1. The molecule has 4 N–H and O–H groups in total. The lowest BCUT2D eigenvalue weighted by Gasteiger charge is -2.28. The van der Waals surface area contributed by atoms with E-state index in [-0.39, 0.29) is 24.9 Å². The minimum absolute atomic E-state index is 0.0424. The molecule has 10 heteroatoms. The lowest BCUT2D eigenvalue weighted by atomic mass is 10.00. The van der Waals surface area contributed by atoms with E-state index < -0.39 is 30.0 Å². The molecule has 3 rings (SSSR count). The third kappa shape index (κ3) is 7.11. The molecule has 36 heavy (non-hydrogen) atoms. The molecule has 0 spiro atoms. The summed E-state index contributed by atoms with van der Waals surface area (Å²) in [4.78, 5) is 57.0. The number of hydrogen-bond donors (Lipinski definition) is 4. The molecule has 0 aliphatic carbocycles. The fourth-order valence-electron chi connectivity index (χ4n) is 4.05. The summed E-state index contributed by atoms with van der Waals surface area (Å²) >= 11 is 0. The summed E-state index contributed by atoms with van der Waals surface area (Å²) in [6.45, 7) is 5.30. The third-order valence-electron chi connectivity index (χ3n) is 6.04. The smallest absolute Gasteiger partial charge is 0.254 e. The van der Waals surface area contributed by atoms with Gasteiger partial charge in [0, 0.05) is 42.7 Å². The molecule has 0 fully saturated rings. The number of rotatable bonds is 2. The molecular formula is C26H33N5O5. The van der Waals surface area contributed by atoms with Crippen molar-refractivity contribution in [2.45, 2.75) is 51.8 Å². The first-order chi connectivity index (χ1) is 17.2. The maximum absolute atomic E-state index is 13.1. The van der Waals surface area contributed by atoms with Crippen molar-refractivity contribution >= 4 is 23.6 Å². The highest BCUT2D eigenvalue weighted by atomic mass is 16.3. The van der Waals surface area contributed by atoms with E-state index in [0.717, 1.165) is 11.1 Å². The minimum atomic E-state index is -1.20. The average Bonchev–Trinajstić information content (AvgIpc) is 2.84. The Morgan fingerprint density at radius 1 is 1.14 bits per heavy atom. The quantitative estimate of drug-likeness (QED) is 0.480. The Labute approximate surface area is 210 Å². The summed E-state index contributed by atoms with van der Waals surface area (Å²) < 4.78 is 0. The zero-order valence-electron chi connectivity index (χ0n) is 20.8. The maximum Gasteiger partial charge on any atom is 0.254 e. The summed E-state index contributed by atoms with van der Waals surface area (Å²) in [7, 11) is 0. The number of nitrogens with zero attached hydrogens (tertiary/aromatic N) is 2. The molecule has 0 radical (unpaired) electrons. The average molecular weight is 496 g/mol. The second kappa shape index (κ2) is 12.3. The highest BCUT2D eigenvalue weighted by molar-refractivity contribution is 5.98. The fourth-order valence-corrected chi connectivity index (χ4v) is 4.05. The van der Waals surface area contributed by atoms with E-state index in [1.54, 1.807) is 31.2 Å². The monoisotopic (exact) mass is 495 g/mol. The molecule has 0 unspecified atom stereocenters. The molecule has 1 aliphatic heterocycles. The maximum atomic E-state index is 13.1. The number of benzene rings is 1. The van der Waals surface area contributed by atoms with Crippen LogP contribution in [0.1, 0.15) is 52.1 Å². The fraction of sp³-hybridized carbons (Fsp3) is 0.423. The standard InChI is InChI=1S/C26H33N5O5/c1-16-6-7-21-13-20(16)5-4-10-28-22(33)15-31(26(36)19-8-11-27-12-9-19)14-17(2)29-25(35)23(18(3)32)30-24(21)34/h6-9,11-13,17-18,23,32H,4-5,10,14-15H2,1-3H3,(H,28,33)(H,29,35)(H,30,34)/t17-,18-,23+/m1/s1. The van der Waals surface area contributed by atoms with Gasteiger partial charge in [-0.15, -0.1) is 0 Å². The van der Waals surface area contributed by atoms with Gasteiger partial charge in [-0.25, -0.2) is 0 Å². The van der Waals surface area contributed by atoms with Gasteiger partial charge in [-0.1, -0.05) is 6.07 Å². The van der Waals surface area contributed by atoms with Crippen molar-refractivity contribution in [1.82, 2.24) is 25.8 Å². The Hall–Kier alpha value is -3.79. The van der Waals surface area contributed by atoms with Crippen LogP contribution in [0.5, 0.6) is 0 Å². The summed E-state index contributed by atoms with van der Waals surface area (Å²) in [5.74, 6) is -1.76. The minimum Gasteiger partial charge on any atom is -0.391 e. The van der Waals surface area contributed by atoms with E-state index >= 15 is 0 Å². The zero-order valence-corrected chi connectivity index (χ0v) is 20.8. The van der Waals surface area contributed by atoms with Crippen molar-refractivity contribution in [2.75, 3.05) is 19.6 Å². The lowest BCUT2D eigenvalue weighted by Crippen LogP contribution is -2.56. The Bertz CT molecular complexity index is 1110. The normalized spacial score (nSPS) is 21.0. The van der Waals surface area contributed by atoms with E-state index in [1.165, 1.54) is 24.2 Å². The number of aryl methyl sites for hydroxylation is 2. The molecule has 1 aromatic carbocycles. The number of nitrogens with one attached hydrogen (secondary N) is 3. The predicted octanol–water partition coefficient (Wildman–Crippen LogP) is 0.579. The first kappa shape index (κ1) is 26.8. The van der Waals surface area contributed by atoms with Crippen LogP contribution in [0.4, 0.5) is 0 Å². The summed E-state index contributed by atoms with van der Waals surface area (Å²) in [6.07, 6.45) is 3.09. The van der Waals surface area contributed by atoms with Gasteiger partial charge in [0.15, 0.2) is 0 Å². The van der Waals surface area contributed by atoms with Crippen molar-refractivity contribution in [3.63, 3.8) is 0 Å². The molecule has 10 nitrogen and oxygen atoms in total. The van der Waals surface area contributed by atoms with E-state index in [0.29, 0.717) is 30.5 Å². The van der Waals surface area contributed by atoms with Gasteiger partial charge in [-0.3, -0.25) is 24.2 Å². The second-order valence-corrected chi connectivity index (χ2v) is 9.12. The SMILES string of the molecule is Cc1ccc2cc1CCCNC(=O)CN(C(=O)c1ccncc1)C[C@@H](C)NC(=O)[C@H]([C@@H](C)O)NC2=O. The summed E-state index contributed by atoms with van der Waals surface area (Å²) in [5.41, 5.74) is 2.70. The van der Waals surface area contributed by atoms with Gasteiger partial charge in [-0.2, -0.15) is 0 Å². The summed E-state index contributed by atoms with van der Waals surface area (Å²) in [5, 5.41) is 18.4. The molecule has 0 saturated carbocycles. The molecule has 4 amide bonds. The van der Waals surface area contributed by atoms with Crippen molar-refractivity contribution in [2.24, 2.45) is 0 Å². The molecule has 1 aromatic heterocycles. The zero-order chi connectivity index (χ0) is 26.2. The van der Waals surface area contributed by atoms with Gasteiger partial charge in [0.05, 0.1) is 12.6 Å². The molecular weight excluding hydrogens is 462 g/mol. The van der Waals surface area contributed by atoms with Gasteiger partial charge in [0.25, 0.3) is 11.8 Å². The van der Waals surface area contributed by atoms with E-state index in [9.17, 15) is 24.3 Å². The number of carbonyl (C=O) groups excluding carboxylic acids is 4. The van der Waals surface area contributed by atoms with Crippen LogP contribution in [0, 0.1) is 6.92 Å². The summed E-state index contributed by atoms with van der Waals surface area (Å²) in [6, 6.07) is 6.61. The number of amides is 4. The predicted molar refractivity (Wildman–Crippen MR) is 133 cm³/mol. The number of hydrogen-bond acceptors (Lipinski definition) is 6. The van der Waals surface area contributed by atoms with Gasteiger partial charge < -0.3 is 26.0 Å². The van der Waals surface area contributed by atoms with Crippen LogP contribution >= 0.6 is 0 Å². The van der Waals surface area contributed by atoms with Crippen LogP contribution in [-0.4, -0.2) is 76.4 Å². The van der Waals surface area contributed by atoms with Crippen LogP contribution in [0.3, 0.4) is 0 Å². The van der Waals surface area contributed by atoms with E-state index in [2.05, 4.69) is 20.9 Å². The first-order valence-electron chi connectivity index (χ1n) is 12.0. The molecule has 192 valence electrons. The van der Waals surface area contributed by atoms with Crippen LogP contribution in [0.25, 0.3) is 0 Å². The molecule has 3 atom stereocenters. The van der Waals surface area contributed by atoms with Crippen molar-refractivity contribution in [3.8, 4) is 0 Å². The molecule has 0 saturated heterocycles. The number of aliphatic hydroxyl groups excluding tert-OH is 1.